The van der Waals surface area contributed by atoms with Gasteiger partial charge in [-0.15, -0.1) is 0 Å². The first-order valence-corrected chi connectivity index (χ1v) is 8.41. The van der Waals surface area contributed by atoms with Gasteiger partial charge in [0.2, 0.25) is 0 Å². The van der Waals surface area contributed by atoms with Gasteiger partial charge in [0.05, 0.1) is 10.9 Å². The van der Waals surface area contributed by atoms with E-state index in [1.165, 1.54) is 36.6 Å². The van der Waals surface area contributed by atoms with Gasteiger partial charge < -0.3 is 25.1 Å². The molecule has 1 aromatic heterocycles. The number of benzene rings is 2. The van der Waals surface area contributed by atoms with Gasteiger partial charge in [-0.25, -0.2) is 4.79 Å². The van der Waals surface area contributed by atoms with Crippen LogP contribution in [-0.2, 0) is 9.59 Å². The van der Waals surface area contributed by atoms with E-state index < -0.39 is 18.0 Å². The highest BCUT2D eigenvalue weighted by atomic mass is 16.4. The Bertz CT molecular complexity index is 1090. The number of aromatic hydroxyl groups is 1. The Morgan fingerprint density at radius 2 is 1.79 bits per heavy atom. The van der Waals surface area contributed by atoms with E-state index in [9.17, 15) is 24.6 Å². The van der Waals surface area contributed by atoms with E-state index in [1.54, 1.807) is 12.1 Å². The number of anilines is 1. The molecule has 0 bridgehead atoms. The third-order valence-electron chi connectivity index (χ3n) is 4.24. The van der Waals surface area contributed by atoms with Crippen LogP contribution in [0.15, 0.2) is 57.9 Å². The lowest BCUT2D eigenvalue weighted by molar-refractivity contribution is -0.139. The molecule has 3 rings (SSSR count). The topological polar surface area (TPSA) is 137 Å². The van der Waals surface area contributed by atoms with Crippen molar-refractivity contribution in [3.63, 3.8) is 0 Å². The minimum absolute atomic E-state index is 0.0838. The maximum atomic E-state index is 12.7. The molecule has 0 unspecified atom stereocenters. The molecule has 0 aliphatic rings. The predicted molar refractivity (Wildman–Crippen MR) is 102 cm³/mol. The molecule has 3 aromatic rings. The minimum atomic E-state index is -1.18. The third-order valence-corrected chi connectivity index (χ3v) is 4.24. The second-order valence-electron chi connectivity index (χ2n) is 6.20. The number of carboxylic acid groups (broad SMARTS) is 2. The van der Waals surface area contributed by atoms with Crippen molar-refractivity contribution >= 4 is 28.6 Å². The zero-order chi connectivity index (χ0) is 20.3. The van der Waals surface area contributed by atoms with Crippen molar-refractivity contribution in [2.45, 2.75) is 18.9 Å². The van der Waals surface area contributed by atoms with E-state index in [4.69, 9.17) is 9.52 Å². The molecule has 0 aliphatic heterocycles. The van der Waals surface area contributed by atoms with E-state index in [2.05, 4.69) is 5.32 Å². The zero-order valence-corrected chi connectivity index (χ0v) is 14.6. The van der Waals surface area contributed by atoms with Crippen LogP contribution in [0.2, 0.25) is 0 Å². The highest BCUT2D eigenvalue weighted by Gasteiger charge is 2.19. The summed E-state index contributed by atoms with van der Waals surface area (Å²) in [6.45, 7) is 0. The van der Waals surface area contributed by atoms with Gasteiger partial charge in [0.15, 0.2) is 5.43 Å². The number of hydrogen-bond donors (Lipinski definition) is 4. The average molecular weight is 383 g/mol. The summed E-state index contributed by atoms with van der Waals surface area (Å²) in [7, 11) is 0. The van der Waals surface area contributed by atoms with Crippen molar-refractivity contribution in [3.8, 4) is 16.9 Å². The second kappa shape index (κ2) is 7.83. The highest BCUT2D eigenvalue weighted by Crippen LogP contribution is 2.24. The van der Waals surface area contributed by atoms with Crippen molar-refractivity contribution in [1.29, 1.82) is 0 Å². The van der Waals surface area contributed by atoms with Gasteiger partial charge in [-0.05, 0) is 36.2 Å². The molecular formula is C20H17NO7. The van der Waals surface area contributed by atoms with E-state index in [0.717, 1.165) is 0 Å². The maximum absolute atomic E-state index is 12.7. The number of rotatable bonds is 7. The molecule has 144 valence electrons. The van der Waals surface area contributed by atoms with Crippen LogP contribution in [0.4, 0.5) is 5.69 Å². The number of phenols is 1. The van der Waals surface area contributed by atoms with Crippen molar-refractivity contribution < 1.29 is 29.3 Å². The number of carboxylic acids is 2. The van der Waals surface area contributed by atoms with Crippen LogP contribution in [0.1, 0.15) is 12.8 Å². The Morgan fingerprint density at radius 1 is 1.07 bits per heavy atom. The molecule has 4 N–H and O–H groups in total. The van der Waals surface area contributed by atoms with Gasteiger partial charge in [0.1, 0.15) is 23.6 Å². The van der Waals surface area contributed by atoms with Gasteiger partial charge in [-0.3, -0.25) is 9.59 Å². The van der Waals surface area contributed by atoms with E-state index >= 15 is 0 Å². The molecule has 0 fully saturated rings. The Hall–Kier alpha value is -3.81. The molecule has 0 saturated carbocycles. The number of phenolic OH excluding ortho intramolecular Hbond substituents is 1. The van der Waals surface area contributed by atoms with Gasteiger partial charge in [0.25, 0.3) is 0 Å². The summed E-state index contributed by atoms with van der Waals surface area (Å²) in [5, 5.41) is 30.4. The third kappa shape index (κ3) is 4.12. The van der Waals surface area contributed by atoms with Crippen molar-refractivity contribution in [2.75, 3.05) is 5.32 Å². The molecule has 1 heterocycles. The van der Waals surface area contributed by atoms with Crippen LogP contribution in [0.5, 0.6) is 5.75 Å². The molecule has 0 aliphatic carbocycles. The van der Waals surface area contributed by atoms with E-state index in [1.807, 2.05) is 0 Å². The first-order valence-electron chi connectivity index (χ1n) is 8.41. The van der Waals surface area contributed by atoms with Crippen LogP contribution < -0.4 is 10.7 Å². The lowest BCUT2D eigenvalue weighted by atomic mass is 10.1. The number of nitrogens with one attached hydrogen (secondary N) is 1. The summed E-state index contributed by atoms with van der Waals surface area (Å²) in [6, 6.07) is 9.60. The second-order valence-corrected chi connectivity index (χ2v) is 6.20. The van der Waals surface area contributed by atoms with Gasteiger partial charge in [-0.2, -0.15) is 0 Å². The molecule has 8 heteroatoms. The highest BCUT2D eigenvalue weighted by molar-refractivity contribution is 5.85. The fourth-order valence-electron chi connectivity index (χ4n) is 2.78. The lowest BCUT2D eigenvalue weighted by Gasteiger charge is -2.15. The smallest absolute Gasteiger partial charge is 0.326 e. The van der Waals surface area contributed by atoms with Crippen LogP contribution in [0, 0.1) is 0 Å². The Labute approximate surface area is 158 Å². The molecule has 1 atom stereocenters. The molecular weight excluding hydrogens is 366 g/mol. The fraction of sp³-hybridized carbons (Fsp3) is 0.150. The molecule has 0 amide bonds. The first-order chi connectivity index (χ1) is 13.3. The molecule has 0 saturated heterocycles. The number of fused-ring (bicyclic) bond motifs is 1. The molecule has 2 aromatic carbocycles. The van der Waals surface area contributed by atoms with Crippen molar-refractivity contribution in [2.24, 2.45) is 0 Å². The summed E-state index contributed by atoms with van der Waals surface area (Å²) in [4.78, 5) is 34.7. The monoisotopic (exact) mass is 383 g/mol. The number of aliphatic carboxylic acids is 2. The van der Waals surface area contributed by atoms with Crippen molar-refractivity contribution in [1.82, 2.24) is 0 Å². The van der Waals surface area contributed by atoms with Crippen LogP contribution in [0.25, 0.3) is 22.1 Å². The Kier molecular flexibility index (Phi) is 5.30. The van der Waals surface area contributed by atoms with E-state index in [-0.39, 0.29) is 29.6 Å². The minimum Gasteiger partial charge on any atom is -0.508 e. The number of hydrogen-bond acceptors (Lipinski definition) is 6. The number of carbonyl (C=O) groups is 2. The van der Waals surface area contributed by atoms with E-state index in [0.29, 0.717) is 22.2 Å². The Morgan fingerprint density at radius 3 is 2.43 bits per heavy atom. The van der Waals surface area contributed by atoms with Crippen LogP contribution in [-0.4, -0.2) is 33.3 Å². The van der Waals surface area contributed by atoms with Crippen LogP contribution >= 0.6 is 0 Å². The summed E-state index contributed by atoms with van der Waals surface area (Å²) < 4.78 is 5.55. The fourth-order valence-corrected chi connectivity index (χ4v) is 2.78. The molecule has 0 spiro atoms. The largest absolute Gasteiger partial charge is 0.508 e. The normalized spacial score (nSPS) is 11.9. The van der Waals surface area contributed by atoms with Crippen LogP contribution in [0.3, 0.4) is 0 Å². The first kappa shape index (κ1) is 19.0. The van der Waals surface area contributed by atoms with Gasteiger partial charge >= 0.3 is 11.9 Å². The molecule has 8 nitrogen and oxygen atoms in total. The summed E-state index contributed by atoms with van der Waals surface area (Å²) in [5.41, 5.74) is 1.32. The Balaban J connectivity index is 1.91. The SMILES string of the molecule is O=C(O)CC[C@H](Nc1ccc2c(=O)c(-c3ccc(O)cc3)coc2c1)C(=O)O. The summed E-state index contributed by atoms with van der Waals surface area (Å²) >= 11 is 0. The standard InChI is InChI=1S/C20H17NO7/c22-13-4-1-11(2-5-13)15-10-28-17-9-12(3-6-14(17)19(15)25)21-16(20(26)27)7-8-18(23)24/h1-6,9-10,16,21-22H,7-8H2,(H,23,24)(H,26,27)/t16-/m0/s1. The zero-order valence-electron chi connectivity index (χ0n) is 14.6. The van der Waals surface area contributed by atoms with Gasteiger partial charge in [0, 0.05) is 18.2 Å². The average Bonchev–Trinajstić information content (AvgIpc) is 2.66. The van der Waals surface area contributed by atoms with Crippen molar-refractivity contribution in [3.05, 3.63) is 59.0 Å². The molecule has 28 heavy (non-hydrogen) atoms. The quantitative estimate of drug-likeness (QED) is 0.489. The summed E-state index contributed by atoms with van der Waals surface area (Å²) in [5.74, 6) is -2.18. The molecule has 0 radical (unpaired) electrons. The lowest BCUT2D eigenvalue weighted by Crippen LogP contribution is -2.29. The predicted octanol–water partition coefficient (Wildman–Crippen LogP) is 2.90. The van der Waals surface area contributed by atoms with Gasteiger partial charge in [-0.1, -0.05) is 12.1 Å². The maximum Gasteiger partial charge on any atom is 0.326 e. The summed E-state index contributed by atoms with van der Waals surface area (Å²) in [6.07, 6.45) is 0.926.